The number of benzene rings is 1. The fourth-order valence-corrected chi connectivity index (χ4v) is 3.54. The van der Waals surface area contributed by atoms with Crippen LogP contribution in [0.15, 0.2) is 24.3 Å². The molecule has 0 aromatic heterocycles. The van der Waals surface area contributed by atoms with Gasteiger partial charge in [0.25, 0.3) is 0 Å². The van der Waals surface area contributed by atoms with Crippen molar-refractivity contribution < 1.29 is 13.2 Å². The van der Waals surface area contributed by atoms with Crippen LogP contribution in [0.5, 0.6) is 5.75 Å². The third kappa shape index (κ3) is 2.50. The van der Waals surface area contributed by atoms with Crippen molar-refractivity contribution >= 4 is 10.0 Å². The zero-order chi connectivity index (χ0) is 13.2. The van der Waals surface area contributed by atoms with Crippen molar-refractivity contribution in [1.29, 1.82) is 0 Å². The van der Waals surface area contributed by atoms with Gasteiger partial charge in [0, 0.05) is 12.1 Å². The van der Waals surface area contributed by atoms with Gasteiger partial charge in [-0.15, -0.1) is 0 Å². The molecule has 100 valence electrons. The molecule has 6 heteroatoms. The maximum absolute atomic E-state index is 12.1. The average molecular weight is 270 g/mol. The highest BCUT2D eigenvalue weighted by molar-refractivity contribution is 7.90. The van der Waals surface area contributed by atoms with Crippen molar-refractivity contribution in [2.45, 2.75) is 24.6 Å². The number of nitrogens with one attached hydrogen (secondary N) is 1. The minimum absolute atomic E-state index is 0.126. The summed E-state index contributed by atoms with van der Waals surface area (Å²) in [6, 6.07) is 7.13. The zero-order valence-electron chi connectivity index (χ0n) is 10.3. The second-order valence-corrected chi connectivity index (χ2v) is 6.32. The lowest BCUT2D eigenvalue weighted by atomic mass is 10.1. The Morgan fingerprint density at radius 1 is 1.50 bits per heavy atom. The van der Waals surface area contributed by atoms with E-state index in [-0.39, 0.29) is 12.6 Å². The summed E-state index contributed by atoms with van der Waals surface area (Å²) in [5.74, 6) is 0.742. The van der Waals surface area contributed by atoms with Gasteiger partial charge in [-0.25, -0.2) is 13.1 Å². The van der Waals surface area contributed by atoms with Crippen LogP contribution in [0.25, 0.3) is 0 Å². The Balaban J connectivity index is 2.17. The normalized spacial score (nSPS) is 20.2. The van der Waals surface area contributed by atoms with Gasteiger partial charge in [0.2, 0.25) is 10.0 Å². The van der Waals surface area contributed by atoms with Crippen LogP contribution < -0.4 is 15.2 Å². The van der Waals surface area contributed by atoms with Crippen LogP contribution >= 0.6 is 0 Å². The summed E-state index contributed by atoms with van der Waals surface area (Å²) in [6.07, 6.45) is 0.501. The highest BCUT2D eigenvalue weighted by Crippen LogP contribution is 2.32. The molecule has 0 spiro atoms. The molecule has 3 N–H and O–H groups in total. The van der Waals surface area contributed by atoms with Gasteiger partial charge < -0.3 is 10.5 Å². The maximum Gasteiger partial charge on any atom is 0.216 e. The van der Waals surface area contributed by atoms with Gasteiger partial charge in [-0.3, -0.25) is 0 Å². The number of hydrogen-bond acceptors (Lipinski definition) is 4. The van der Waals surface area contributed by atoms with Crippen LogP contribution in [-0.4, -0.2) is 26.8 Å². The van der Waals surface area contributed by atoms with E-state index in [2.05, 4.69) is 4.72 Å². The average Bonchev–Trinajstić information content (AvgIpc) is 2.73. The number of nitrogens with two attached hydrogens (primary N) is 1. The first-order valence-electron chi connectivity index (χ1n) is 6.01. The Morgan fingerprint density at radius 3 is 2.89 bits per heavy atom. The van der Waals surface area contributed by atoms with E-state index in [4.69, 9.17) is 10.5 Å². The molecule has 0 amide bonds. The van der Waals surface area contributed by atoms with Crippen molar-refractivity contribution in [2.75, 3.05) is 13.2 Å². The summed E-state index contributed by atoms with van der Waals surface area (Å²) in [4.78, 5) is 0. The Morgan fingerprint density at radius 2 is 2.22 bits per heavy atom. The Labute approximate surface area is 107 Å². The Kier molecular flexibility index (Phi) is 3.89. The lowest BCUT2D eigenvalue weighted by molar-refractivity contribution is 0.324. The van der Waals surface area contributed by atoms with Crippen LogP contribution in [0, 0.1) is 0 Å². The molecule has 2 atom stereocenters. The lowest BCUT2D eigenvalue weighted by Gasteiger charge is -2.18. The molecular weight excluding hydrogens is 252 g/mol. The zero-order valence-corrected chi connectivity index (χ0v) is 11.1. The molecule has 0 saturated heterocycles. The maximum atomic E-state index is 12.1. The van der Waals surface area contributed by atoms with E-state index in [0.717, 1.165) is 11.3 Å². The van der Waals surface area contributed by atoms with Crippen LogP contribution in [0.1, 0.15) is 24.9 Å². The number of fused-ring (bicyclic) bond motifs is 1. The van der Waals surface area contributed by atoms with E-state index >= 15 is 0 Å². The van der Waals surface area contributed by atoms with Gasteiger partial charge in [0.15, 0.2) is 0 Å². The molecule has 1 aliphatic heterocycles. The van der Waals surface area contributed by atoms with Gasteiger partial charge in [-0.2, -0.15) is 0 Å². The lowest BCUT2D eigenvalue weighted by Crippen LogP contribution is -2.40. The number of para-hydroxylation sites is 1. The van der Waals surface area contributed by atoms with Crippen LogP contribution in [-0.2, 0) is 10.0 Å². The van der Waals surface area contributed by atoms with Crippen LogP contribution in [0.3, 0.4) is 0 Å². The Hall–Kier alpha value is -1.11. The molecule has 0 aliphatic carbocycles. The second-order valence-electron chi connectivity index (χ2n) is 4.33. The molecule has 1 aliphatic rings. The SMILES string of the molecule is CCC(CN)S(=O)(=O)NC1COc2ccccc21. The molecule has 18 heavy (non-hydrogen) atoms. The fourth-order valence-electron chi connectivity index (χ4n) is 2.07. The first-order valence-corrected chi connectivity index (χ1v) is 7.56. The molecule has 1 aromatic rings. The Bertz CT molecular complexity index is 512. The van der Waals surface area contributed by atoms with Crippen molar-refractivity contribution in [3.63, 3.8) is 0 Å². The third-order valence-corrected chi connectivity index (χ3v) is 5.18. The van der Waals surface area contributed by atoms with Crippen LogP contribution in [0.4, 0.5) is 0 Å². The highest BCUT2D eigenvalue weighted by atomic mass is 32.2. The first kappa shape index (κ1) is 13.3. The quantitative estimate of drug-likeness (QED) is 0.828. The first-order chi connectivity index (χ1) is 8.58. The predicted molar refractivity (Wildman–Crippen MR) is 69.9 cm³/mol. The highest BCUT2D eigenvalue weighted by Gasteiger charge is 2.31. The number of hydrogen-bond donors (Lipinski definition) is 2. The molecule has 0 radical (unpaired) electrons. The summed E-state index contributed by atoms with van der Waals surface area (Å²) in [7, 11) is -3.40. The molecule has 0 saturated carbocycles. The molecule has 1 aromatic carbocycles. The van der Waals surface area contributed by atoms with Gasteiger partial charge in [0.1, 0.15) is 12.4 Å². The summed E-state index contributed by atoms with van der Waals surface area (Å²) in [5.41, 5.74) is 6.37. The standard InChI is InChI=1S/C12H18N2O3S/c1-2-9(7-13)18(15,16)14-11-8-17-12-6-4-3-5-10(11)12/h3-6,9,11,14H,2,7-8,13H2,1H3. The molecule has 5 nitrogen and oxygen atoms in total. The van der Waals surface area contributed by atoms with E-state index in [1.165, 1.54) is 0 Å². The molecule has 0 fully saturated rings. The van der Waals surface area contributed by atoms with E-state index in [1.54, 1.807) is 0 Å². The topological polar surface area (TPSA) is 81.4 Å². The van der Waals surface area contributed by atoms with Crippen molar-refractivity contribution in [3.05, 3.63) is 29.8 Å². The molecule has 2 unspecified atom stereocenters. The predicted octanol–water partition coefficient (Wildman–Crippen LogP) is 0.777. The number of ether oxygens (including phenoxy) is 1. The fraction of sp³-hybridized carbons (Fsp3) is 0.500. The second kappa shape index (κ2) is 5.26. The van der Waals surface area contributed by atoms with Crippen molar-refractivity contribution in [3.8, 4) is 5.75 Å². The van der Waals surface area contributed by atoms with E-state index in [9.17, 15) is 8.42 Å². The largest absolute Gasteiger partial charge is 0.491 e. The van der Waals surface area contributed by atoms with E-state index in [1.807, 2.05) is 31.2 Å². The van der Waals surface area contributed by atoms with Crippen molar-refractivity contribution in [1.82, 2.24) is 4.72 Å². The summed E-state index contributed by atoms with van der Waals surface area (Å²) in [5, 5.41) is -0.551. The van der Waals surface area contributed by atoms with Gasteiger partial charge >= 0.3 is 0 Å². The van der Waals surface area contributed by atoms with Gasteiger partial charge in [-0.05, 0) is 12.5 Å². The minimum atomic E-state index is -3.40. The van der Waals surface area contributed by atoms with E-state index < -0.39 is 15.3 Å². The summed E-state index contributed by atoms with van der Waals surface area (Å²) < 4.78 is 32.4. The van der Waals surface area contributed by atoms with Gasteiger partial charge in [0.05, 0.1) is 11.3 Å². The molecule has 2 rings (SSSR count). The smallest absolute Gasteiger partial charge is 0.216 e. The third-order valence-electron chi connectivity index (χ3n) is 3.16. The summed E-state index contributed by atoms with van der Waals surface area (Å²) >= 11 is 0. The van der Waals surface area contributed by atoms with Crippen molar-refractivity contribution in [2.24, 2.45) is 5.73 Å². The number of sulfonamides is 1. The summed E-state index contributed by atoms with van der Waals surface area (Å²) in [6.45, 7) is 2.27. The van der Waals surface area contributed by atoms with Crippen LogP contribution in [0.2, 0.25) is 0 Å². The monoisotopic (exact) mass is 270 g/mol. The minimum Gasteiger partial charge on any atom is -0.491 e. The van der Waals surface area contributed by atoms with Gasteiger partial charge in [-0.1, -0.05) is 25.1 Å². The molecular formula is C12H18N2O3S. The van der Waals surface area contributed by atoms with E-state index in [0.29, 0.717) is 13.0 Å². The molecule has 0 bridgehead atoms. The molecule has 1 heterocycles. The number of rotatable bonds is 5.